The third kappa shape index (κ3) is 6.03. The molecule has 9 nitrogen and oxygen atoms in total. The smallest absolute Gasteiger partial charge is 0.359 e. The molecule has 2 atom stereocenters. The van der Waals surface area contributed by atoms with Crippen LogP contribution in [0.2, 0.25) is 0 Å². The summed E-state index contributed by atoms with van der Waals surface area (Å²) in [5, 5.41) is 0. The quantitative estimate of drug-likeness (QED) is 0.324. The van der Waals surface area contributed by atoms with Crippen LogP contribution in [0.4, 0.5) is 29.1 Å². The van der Waals surface area contributed by atoms with Gasteiger partial charge in [-0.1, -0.05) is 36.4 Å². The number of piperazine rings is 1. The standard InChI is InChI=1S/C30H31F4N7O2/c1-19-16-38(26-15-36-11-12-37-26)13-14-39(19)27-20(2)40(17-22-23(30(32,33)34)9-6-10-24(22)31)29(43)41(28(27)42)18-25(35)21-7-4-3-5-8-21/h3-12,15,19,25H,13-14,16-18,35H2,1-2H3/t19?,25-/m0/s1. The Labute approximate surface area is 244 Å². The second-order valence-corrected chi connectivity index (χ2v) is 10.6. The van der Waals surface area contributed by atoms with Gasteiger partial charge in [-0.2, -0.15) is 13.2 Å². The van der Waals surface area contributed by atoms with E-state index in [4.69, 9.17) is 5.73 Å². The number of nitrogens with two attached hydrogens (primary N) is 1. The third-order valence-electron chi connectivity index (χ3n) is 7.79. The number of alkyl halides is 3. The highest BCUT2D eigenvalue weighted by Crippen LogP contribution is 2.34. The van der Waals surface area contributed by atoms with E-state index >= 15 is 0 Å². The van der Waals surface area contributed by atoms with Crippen LogP contribution >= 0.6 is 0 Å². The molecule has 2 N–H and O–H groups in total. The fourth-order valence-electron chi connectivity index (χ4n) is 5.56. The van der Waals surface area contributed by atoms with E-state index in [2.05, 4.69) is 9.97 Å². The first-order valence-electron chi connectivity index (χ1n) is 13.7. The van der Waals surface area contributed by atoms with Gasteiger partial charge in [-0.05, 0) is 31.5 Å². The van der Waals surface area contributed by atoms with E-state index in [1.54, 1.807) is 48.9 Å². The van der Waals surface area contributed by atoms with E-state index < -0.39 is 47.0 Å². The molecule has 0 aliphatic carbocycles. The van der Waals surface area contributed by atoms with Crippen LogP contribution in [0.1, 0.15) is 35.3 Å². The van der Waals surface area contributed by atoms with E-state index in [9.17, 15) is 27.2 Å². The van der Waals surface area contributed by atoms with Crippen molar-refractivity contribution in [3.63, 3.8) is 0 Å². The van der Waals surface area contributed by atoms with Gasteiger partial charge < -0.3 is 15.5 Å². The first kappa shape index (κ1) is 30.0. The Morgan fingerprint density at radius 1 is 1.02 bits per heavy atom. The Bertz CT molecular complexity index is 1710. The molecular formula is C30H31F4N7O2. The Hall–Kier alpha value is -4.52. The van der Waals surface area contributed by atoms with Gasteiger partial charge in [0.1, 0.15) is 17.3 Å². The van der Waals surface area contributed by atoms with Crippen molar-refractivity contribution >= 4 is 11.5 Å². The summed E-state index contributed by atoms with van der Waals surface area (Å²) in [7, 11) is 0. The van der Waals surface area contributed by atoms with Crippen molar-refractivity contribution in [3.05, 3.63) is 116 Å². The van der Waals surface area contributed by atoms with Gasteiger partial charge in [0.05, 0.1) is 24.8 Å². The van der Waals surface area contributed by atoms with Gasteiger partial charge in [-0.25, -0.2) is 14.2 Å². The predicted molar refractivity (Wildman–Crippen MR) is 155 cm³/mol. The fraction of sp³-hybridized carbons (Fsp3) is 0.333. The maximum absolute atomic E-state index is 14.9. The molecule has 1 fully saturated rings. The second kappa shape index (κ2) is 12.0. The zero-order chi connectivity index (χ0) is 30.9. The fourth-order valence-corrected chi connectivity index (χ4v) is 5.56. The molecule has 2 aromatic carbocycles. The summed E-state index contributed by atoms with van der Waals surface area (Å²) < 4.78 is 58.6. The van der Waals surface area contributed by atoms with E-state index in [1.165, 1.54) is 6.92 Å². The van der Waals surface area contributed by atoms with Gasteiger partial charge in [0.2, 0.25) is 0 Å². The van der Waals surface area contributed by atoms with Gasteiger partial charge in [0.15, 0.2) is 0 Å². The van der Waals surface area contributed by atoms with Crippen LogP contribution < -0.4 is 26.8 Å². The Balaban J connectivity index is 1.62. The van der Waals surface area contributed by atoms with Crippen molar-refractivity contribution in [2.75, 3.05) is 29.4 Å². The minimum absolute atomic E-state index is 0.135. The zero-order valence-electron chi connectivity index (χ0n) is 23.6. The normalized spacial score (nSPS) is 16.4. The van der Waals surface area contributed by atoms with Crippen molar-refractivity contribution < 1.29 is 17.6 Å². The lowest BCUT2D eigenvalue weighted by Gasteiger charge is -2.42. The van der Waals surface area contributed by atoms with Crippen LogP contribution in [0.5, 0.6) is 0 Å². The molecule has 2 aromatic heterocycles. The molecule has 0 saturated carbocycles. The summed E-state index contributed by atoms with van der Waals surface area (Å²) in [4.78, 5) is 40.2. The summed E-state index contributed by atoms with van der Waals surface area (Å²) in [6.07, 6.45) is -0.0669. The van der Waals surface area contributed by atoms with E-state index in [0.717, 1.165) is 27.3 Å². The summed E-state index contributed by atoms with van der Waals surface area (Å²) in [6, 6.07) is 10.5. The average molecular weight is 598 g/mol. The minimum atomic E-state index is -4.85. The molecule has 1 aliphatic heterocycles. The highest BCUT2D eigenvalue weighted by molar-refractivity contribution is 5.53. The van der Waals surface area contributed by atoms with Crippen molar-refractivity contribution in [3.8, 4) is 0 Å². The number of hydrogen-bond donors (Lipinski definition) is 1. The van der Waals surface area contributed by atoms with Crippen LogP contribution in [0.25, 0.3) is 0 Å². The summed E-state index contributed by atoms with van der Waals surface area (Å²) in [6.45, 7) is 3.72. The molecule has 0 spiro atoms. The molecule has 0 amide bonds. The molecule has 5 rings (SSSR count). The number of halogens is 4. The molecule has 1 saturated heterocycles. The molecule has 0 bridgehead atoms. The average Bonchev–Trinajstić information content (AvgIpc) is 2.99. The molecular weight excluding hydrogens is 566 g/mol. The SMILES string of the molecule is Cc1c(N2CCN(c3cnccn3)CC2C)c(=O)n(C[C@H](N)c2ccccc2)c(=O)n1Cc1c(F)cccc1C(F)(F)F. The maximum atomic E-state index is 14.9. The van der Waals surface area contributed by atoms with Gasteiger partial charge in [0, 0.05) is 55.4 Å². The maximum Gasteiger partial charge on any atom is 0.416 e. The van der Waals surface area contributed by atoms with E-state index in [0.29, 0.717) is 31.0 Å². The highest BCUT2D eigenvalue weighted by atomic mass is 19.4. The van der Waals surface area contributed by atoms with Crippen LogP contribution in [0, 0.1) is 12.7 Å². The van der Waals surface area contributed by atoms with Crippen molar-refractivity contribution in [2.24, 2.45) is 5.73 Å². The molecule has 226 valence electrons. The van der Waals surface area contributed by atoms with Crippen molar-refractivity contribution in [1.82, 2.24) is 19.1 Å². The molecule has 4 aromatic rings. The Morgan fingerprint density at radius 2 is 1.77 bits per heavy atom. The van der Waals surface area contributed by atoms with E-state index in [1.807, 2.05) is 16.7 Å². The van der Waals surface area contributed by atoms with Gasteiger partial charge >= 0.3 is 11.9 Å². The molecule has 13 heteroatoms. The van der Waals surface area contributed by atoms with E-state index in [-0.39, 0.29) is 24.0 Å². The lowest BCUT2D eigenvalue weighted by molar-refractivity contribution is -0.138. The largest absolute Gasteiger partial charge is 0.416 e. The van der Waals surface area contributed by atoms with Crippen molar-refractivity contribution in [2.45, 2.75) is 45.2 Å². The summed E-state index contributed by atoms with van der Waals surface area (Å²) in [5.41, 5.74) is 3.98. The van der Waals surface area contributed by atoms with Crippen LogP contribution in [-0.4, -0.2) is 44.8 Å². The predicted octanol–water partition coefficient (Wildman–Crippen LogP) is 3.73. The molecule has 43 heavy (non-hydrogen) atoms. The molecule has 0 radical (unpaired) electrons. The van der Waals surface area contributed by atoms with Gasteiger partial charge in [-0.15, -0.1) is 0 Å². The first-order chi connectivity index (χ1) is 20.5. The number of nitrogens with zero attached hydrogens (tertiary/aromatic N) is 6. The molecule has 1 unspecified atom stereocenters. The first-order valence-corrected chi connectivity index (χ1v) is 13.7. The third-order valence-corrected chi connectivity index (χ3v) is 7.79. The van der Waals surface area contributed by atoms with Gasteiger partial charge in [-0.3, -0.25) is 18.9 Å². The highest BCUT2D eigenvalue weighted by Gasteiger charge is 2.36. The number of benzene rings is 2. The Morgan fingerprint density at radius 3 is 2.42 bits per heavy atom. The van der Waals surface area contributed by atoms with Crippen molar-refractivity contribution in [1.29, 1.82) is 0 Å². The topological polar surface area (TPSA) is 102 Å². The second-order valence-electron chi connectivity index (χ2n) is 10.6. The Kier molecular flexibility index (Phi) is 8.36. The van der Waals surface area contributed by atoms with Crippen LogP contribution in [0.3, 0.4) is 0 Å². The van der Waals surface area contributed by atoms with Gasteiger partial charge in [0.25, 0.3) is 5.56 Å². The summed E-state index contributed by atoms with van der Waals surface area (Å²) >= 11 is 0. The zero-order valence-corrected chi connectivity index (χ0v) is 23.6. The van der Waals surface area contributed by atoms with Crippen LogP contribution in [-0.2, 0) is 19.3 Å². The number of rotatable bonds is 7. The number of hydrogen-bond acceptors (Lipinski definition) is 7. The summed E-state index contributed by atoms with van der Waals surface area (Å²) in [5.74, 6) is -0.437. The number of anilines is 2. The minimum Gasteiger partial charge on any atom is -0.359 e. The lowest BCUT2D eigenvalue weighted by atomic mass is 10.1. The molecule has 1 aliphatic rings. The number of aromatic nitrogens is 4. The van der Waals surface area contributed by atoms with Crippen LogP contribution in [0.15, 0.2) is 76.7 Å². The molecule has 3 heterocycles. The monoisotopic (exact) mass is 597 g/mol. The lowest BCUT2D eigenvalue weighted by Crippen LogP contribution is -2.56.